The first kappa shape index (κ1) is 25.1. The SMILES string of the molecule is COc1ccc(C)cc1NC(=O)CSc1nc2cc(Cl)ccc2c(=O)n1CCCOC(C)C. The number of ether oxygens (including phenoxy) is 2. The Labute approximate surface area is 202 Å². The molecule has 1 N–H and O–H groups in total. The highest BCUT2D eigenvalue weighted by molar-refractivity contribution is 7.99. The number of carbonyl (C=O) groups excluding carboxylic acids is 1. The van der Waals surface area contributed by atoms with Crippen molar-refractivity contribution in [1.29, 1.82) is 0 Å². The van der Waals surface area contributed by atoms with Gasteiger partial charge in [-0.1, -0.05) is 29.4 Å². The second-order valence-corrected chi connectivity index (χ2v) is 9.21. The Hall–Kier alpha value is -2.55. The predicted molar refractivity (Wildman–Crippen MR) is 134 cm³/mol. The van der Waals surface area contributed by atoms with E-state index in [0.717, 1.165) is 5.56 Å². The first-order valence-electron chi connectivity index (χ1n) is 10.7. The Morgan fingerprint density at radius 3 is 2.76 bits per heavy atom. The van der Waals surface area contributed by atoms with Gasteiger partial charge in [-0.05, 0) is 63.1 Å². The third-order valence-electron chi connectivity index (χ3n) is 4.82. The number of hydrogen-bond donors (Lipinski definition) is 1. The smallest absolute Gasteiger partial charge is 0.262 e. The normalized spacial score (nSPS) is 11.2. The van der Waals surface area contributed by atoms with E-state index in [1.807, 2.05) is 39.0 Å². The third kappa shape index (κ3) is 6.72. The van der Waals surface area contributed by atoms with Gasteiger partial charge in [0.05, 0.1) is 35.6 Å². The molecule has 9 heteroatoms. The molecule has 0 fully saturated rings. The predicted octanol–water partition coefficient (Wildman–Crippen LogP) is 4.91. The van der Waals surface area contributed by atoms with E-state index in [4.69, 9.17) is 21.1 Å². The summed E-state index contributed by atoms with van der Waals surface area (Å²) < 4.78 is 12.5. The molecule has 2 aromatic carbocycles. The summed E-state index contributed by atoms with van der Waals surface area (Å²) in [6.45, 7) is 6.84. The van der Waals surface area contributed by atoms with Crippen molar-refractivity contribution in [2.75, 3.05) is 24.8 Å². The van der Waals surface area contributed by atoms with Gasteiger partial charge in [-0.25, -0.2) is 4.98 Å². The monoisotopic (exact) mass is 489 g/mol. The maximum atomic E-state index is 13.2. The second-order valence-electron chi connectivity index (χ2n) is 7.83. The van der Waals surface area contributed by atoms with Crippen molar-refractivity contribution in [2.45, 2.75) is 45.0 Å². The molecule has 1 heterocycles. The summed E-state index contributed by atoms with van der Waals surface area (Å²) in [5.74, 6) is 0.441. The molecule has 0 spiro atoms. The van der Waals surface area contributed by atoms with E-state index in [1.54, 1.807) is 29.9 Å². The van der Waals surface area contributed by atoms with E-state index in [9.17, 15) is 9.59 Å². The van der Waals surface area contributed by atoms with Gasteiger partial charge in [0.25, 0.3) is 5.56 Å². The average Bonchev–Trinajstić information content (AvgIpc) is 2.76. The molecule has 0 bridgehead atoms. The number of fused-ring (bicyclic) bond motifs is 1. The Balaban J connectivity index is 1.81. The van der Waals surface area contributed by atoms with Crippen molar-refractivity contribution in [3.8, 4) is 5.75 Å². The zero-order chi connectivity index (χ0) is 24.0. The van der Waals surface area contributed by atoms with Crippen LogP contribution in [0.15, 0.2) is 46.3 Å². The number of thioether (sulfide) groups is 1. The Morgan fingerprint density at radius 1 is 1.24 bits per heavy atom. The number of aromatic nitrogens is 2. The van der Waals surface area contributed by atoms with Crippen LogP contribution < -0.4 is 15.6 Å². The maximum absolute atomic E-state index is 13.2. The number of nitrogens with one attached hydrogen (secondary N) is 1. The second kappa shape index (κ2) is 11.5. The zero-order valence-corrected chi connectivity index (χ0v) is 20.8. The van der Waals surface area contributed by atoms with Crippen molar-refractivity contribution in [3.63, 3.8) is 0 Å². The largest absolute Gasteiger partial charge is 0.495 e. The quantitative estimate of drug-likeness (QED) is 0.247. The first-order chi connectivity index (χ1) is 15.8. The molecule has 33 heavy (non-hydrogen) atoms. The standard InChI is InChI=1S/C24H28ClN3O4S/c1-15(2)32-11-5-10-28-23(30)18-8-7-17(25)13-19(18)27-24(28)33-14-22(29)26-20-12-16(3)6-9-21(20)31-4/h6-9,12-13,15H,5,10-11,14H2,1-4H3,(H,26,29). The molecule has 0 radical (unpaired) electrons. The third-order valence-corrected chi connectivity index (χ3v) is 6.03. The number of rotatable bonds is 10. The lowest BCUT2D eigenvalue weighted by Crippen LogP contribution is -2.25. The number of benzene rings is 2. The van der Waals surface area contributed by atoms with Gasteiger partial charge in [-0.15, -0.1) is 0 Å². The van der Waals surface area contributed by atoms with Crippen LogP contribution in [0.2, 0.25) is 5.02 Å². The van der Waals surface area contributed by atoms with E-state index < -0.39 is 0 Å². The minimum atomic E-state index is -0.223. The molecule has 0 aliphatic heterocycles. The molecule has 176 valence electrons. The first-order valence-corrected chi connectivity index (χ1v) is 12.0. The number of halogens is 1. The van der Waals surface area contributed by atoms with Crippen molar-refractivity contribution < 1.29 is 14.3 Å². The highest BCUT2D eigenvalue weighted by Gasteiger charge is 2.15. The van der Waals surface area contributed by atoms with Gasteiger partial charge >= 0.3 is 0 Å². The summed E-state index contributed by atoms with van der Waals surface area (Å²) in [5.41, 5.74) is 1.95. The Kier molecular flexibility index (Phi) is 8.77. The molecular formula is C24H28ClN3O4S. The van der Waals surface area contributed by atoms with Crippen LogP contribution in [0, 0.1) is 6.92 Å². The van der Waals surface area contributed by atoms with Gasteiger partial charge in [-0.2, -0.15) is 0 Å². The number of methoxy groups -OCH3 is 1. The number of carbonyl (C=O) groups is 1. The molecule has 1 aromatic heterocycles. The van der Waals surface area contributed by atoms with Gasteiger partial charge in [0, 0.05) is 18.2 Å². The Bertz CT molecular complexity index is 1200. The molecule has 0 saturated carbocycles. The number of aryl methyl sites for hydroxylation is 1. The van der Waals surface area contributed by atoms with E-state index >= 15 is 0 Å². The maximum Gasteiger partial charge on any atom is 0.262 e. The van der Waals surface area contributed by atoms with Crippen LogP contribution in [0.25, 0.3) is 10.9 Å². The van der Waals surface area contributed by atoms with Crippen LogP contribution in [0.3, 0.4) is 0 Å². The van der Waals surface area contributed by atoms with Gasteiger partial charge in [0.2, 0.25) is 5.91 Å². The summed E-state index contributed by atoms with van der Waals surface area (Å²) in [6, 6.07) is 10.6. The van der Waals surface area contributed by atoms with Crippen LogP contribution in [0.1, 0.15) is 25.8 Å². The number of nitrogens with zero attached hydrogens (tertiary/aromatic N) is 2. The molecule has 7 nitrogen and oxygen atoms in total. The molecule has 3 aromatic rings. The van der Waals surface area contributed by atoms with Crippen molar-refractivity contribution in [1.82, 2.24) is 9.55 Å². The van der Waals surface area contributed by atoms with Crippen molar-refractivity contribution >= 4 is 45.9 Å². The lowest BCUT2D eigenvalue weighted by molar-refractivity contribution is -0.113. The van der Waals surface area contributed by atoms with Crippen LogP contribution in [-0.4, -0.2) is 41.0 Å². The van der Waals surface area contributed by atoms with E-state index in [0.29, 0.717) is 52.1 Å². The molecule has 1 amide bonds. The summed E-state index contributed by atoms with van der Waals surface area (Å²) in [5, 5.41) is 4.33. The van der Waals surface area contributed by atoms with Gasteiger partial charge in [0.15, 0.2) is 5.16 Å². The van der Waals surface area contributed by atoms with Gasteiger partial charge < -0.3 is 14.8 Å². The van der Waals surface area contributed by atoms with Crippen LogP contribution >= 0.6 is 23.4 Å². The van der Waals surface area contributed by atoms with Crippen molar-refractivity contribution in [3.05, 3.63) is 57.3 Å². The molecule has 0 unspecified atom stereocenters. The summed E-state index contributed by atoms with van der Waals surface area (Å²) in [4.78, 5) is 30.5. The fourth-order valence-electron chi connectivity index (χ4n) is 3.26. The average molecular weight is 490 g/mol. The van der Waals surface area contributed by atoms with Crippen LogP contribution in [0.5, 0.6) is 5.75 Å². The fourth-order valence-corrected chi connectivity index (χ4v) is 4.25. The fraction of sp³-hybridized carbons (Fsp3) is 0.375. The van der Waals surface area contributed by atoms with E-state index in [1.165, 1.54) is 11.8 Å². The molecular weight excluding hydrogens is 462 g/mol. The number of amides is 1. The lowest BCUT2D eigenvalue weighted by Gasteiger charge is -2.14. The summed E-state index contributed by atoms with van der Waals surface area (Å²) in [6.07, 6.45) is 0.772. The minimum absolute atomic E-state index is 0.0815. The van der Waals surface area contributed by atoms with Crippen molar-refractivity contribution in [2.24, 2.45) is 0 Å². The van der Waals surface area contributed by atoms with Crippen LogP contribution in [-0.2, 0) is 16.1 Å². The molecule has 0 aliphatic rings. The molecule has 3 rings (SSSR count). The molecule has 0 saturated heterocycles. The van der Waals surface area contributed by atoms with Gasteiger partial charge in [-0.3, -0.25) is 14.2 Å². The highest BCUT2D eigenvalue weighted by Crippen LogP contribution is 2.26. The van der Waals surface area contributed by atoms with Gasteiger partial charge in [0.1, 0.15) is 5.75 Å². The molecule has 0 aliphatic carbocycles. The van der Waals surface area contributed by atoms with E-state index in [-0.39, 0.29) is 23.3 Å². The van der Waals surface area contributed by atoms with E-state index in [2.05, 4.69) is 10.3 Å². The summed E-state index contributed by atoms with van der Waals surface area (Å²) in [7, 11) is 1.56. The summed E-state index contributed by atoms with van der Waals surface area (Å²) >= 11 is 7.31. The zero-order valence-electron chi connectivity index (χ0n) is 19.2. The minimum Gasteiger partial charge on any atom is -0.495 e. The topological polar surface area (TPSA) is 82.5 Å². The Morgan fingerprint density at radius 2 is 2.03 bits per heavy atom. The lowest BCUT2D eigenvalue weighted by atomic mass is 10.2. The van der Waals surface area contributed by atoms with Crippen LogP contribution in [0.4, 0.5) is 5.69 Å². The highest BCUT2D eigenvalue weighted by atomic mass is 35.5. The number of hydrogen-bond acceptors (Lipinski definition) is 6. The number of anilines is 1. The molecule has 0 atom stereocenters.